The molecule has 1 rings (SSSR count). The summed E-state index contributed by atoms with van der Waals surface area (Å²) in [6, 6.07) is 6.57. The Hall–Kier alpha value is -1.56. The monoisotopic (exact) mass is 312 g/mol. The molecule has 0 atom stereocenters. The smallest absolute Gasteiger partial charge is 0.251 e. The topological polar surface area (TPSA) is 66.5 Å². The van der Waals surface area contributed by atoms with E-state index < -0.39 is 10.0 Å². The SMILES string of the molecule is CCS(=O)(=O)N(C)c1ccc(C(=O)NCCC(C)C)cc1. The number of amides is 1. The first-order chi connectivity index (χ1) is 9.77. The molecule has 0 aliphatic rings. The van der Waals surface area contributed by atoms with Crippen LogP contribution >= 0.6 is 0 Å². The van der Waals surface area contributed by atoms with Crippen molar-refractivity contribution in [3.8, 4) is 0 Å². The van der Waals surface area contributed by atoms with E-state index in [0.717, 1.165) is 6.42 Å². The van der Waals surface area contributed by atoms with Gasteiger partial charge in [-0.1, -0.05) is 13.8 Å². The first-order valence-electron chi connectivity index (χ1n) is 7.12. The molecule has 1 N–H and O–H groups in total. The van der Waals surface area contributed by atoms with E-state index in [1.807, 2.05) is 0 Å². The van der Waals surface area contributed by atoms with Crippen LogP contribution in [-0.4, -0.2) is 33.7 Å². The molecule has 0 radical (unpaired) electrons. The summed E-state index contributed by atoms with van der Waals surface area (Å²) in [5.74, 6) is 0.449. The highest BCUT2D eigenvalue weighted by atomic mass is 32.2. The van der Waals surface area contributed by atoms with Crippen LogP contribution in [-0.2, 0) is 10.0 Å². The number of rotatable bonds is 7. The molecule has 0 aromatic heterocycles. The molecule has 1 aromatic rings. The summed E-state index contributed by atoms with van der Waals surface area (Å²) in [6.45, 7) is 6.45. The van der Waals surface area contributed by atoms with Gasteiger partial charge >= 0.3 is 0 Å². The lowest BCUT2D eigenvalue weighted by molar-refractivity contribution is 0.0952. The third-order valence-electron chi connectivity index (χ3n) is 3.28. The maximum atomic E-state index is 11.9. The van der Waals surface area contributed by atoms with E-state index in [4.69, 9.17) is 0 Å². The van der Waals surface area contributed by atoms with E-state index in [9.17, 15) is 13.2 Å². The van der Waals surface area contributed by atoms with Gasteiger partial charge in [0.2, 0.25) is 10.0 Å². The van der Waals surface area contributed by atoms with Crippen LogP contribution < -0.4 is 9.62 Å². The van der Waals surface area contributed by atoms with Crippen molar-refractivity contribution in [2.45, 2.75) is 27.2 Å². The molecule has 1 aromatic carbocycles. The summed E-state index contributed by atoms with van der Waals surface area (Å²) in [6.07, 6.45) is 0.932. The van der Waals surface area contributed by atoms with Crippen LogP contribution in [0.15, 0.2) is 24.3 Å². The lowest BCUT2D eigenvalue weighted by Crippen LogP contribution is -2.28. The van der Waals surface area contributed by atoms with Gasteiger partial charge in [-0.15, -0.1) is 0 Å². The molecule has 0 aliphatic carbocycles. The molecule has 1 amide bonds. The standard InChI is InChI=1S/C15H24N2O3S/c1-5-21(19,20)17(4)14-8-6-13(7-9-14)15(18)16-11-10-12(2)3/h6-9,12H,5,10-11H2,1-4H3,(H,16,18). The first kappa shape index (κ1) is 17.5. The summed E-state index contributed by atoms with van der Waals surface area (Å²) in [4.78, 5) is 11.9. The Morgan fingerprint density at radius 1 is 1.24 bits per heavy atom. The maximum Gasteiger partial charge on any atom is 0.251 e. The number of carbonyl (C=O) groups excluding carboxylic acids is 1. The van der Waals surface area contributed by atoms with Gasteiger partial charge in [0.15, 0.2) is 0 Å². The summed E-state index contributed by atoms with van der Waals surface area (Å²) in [5, 5.41) is 2.85. The number of nitrogens with one attached hydrogen (secondary N) is 1. The third-order valence-corrected chi connectivity index (χ3v) is 5.06. The van der Waals surface area contributed by atoms with Crippen LogP contribution in [0.5, 0.6) is 0 Å². The highest BCUT2D eigenvalue weighted by Crippen LogP contribution is 2.17. The Morgan fingerprint density at radius 3 is 2.29 bits per heavy atom. The van der Waals surface area contributed by atoms with Crippen LogP contribution in [0.3, 0.4) is 0 Å². The molecule has 6 heteroatoms. The maximum absolute atomic E-state index is 11.9. The van der Waals surface area contributed by atoms with E-state index in [1.54, 1.807) is 31.2 Å². The number of hydrogen-bond acceptors (Lipinski definition) is 3. The van der Waals surface area contributed by atoms with Gasteiger partial charge in [0.25, 0.3) is 5.91 Å². The van der Waals surface area contributed by atoms with Crippen molar-refractivity contribution in [3.63, 3.8) is 0 Å². The highest BCUT2D eigenvalue weighted by molar-refractivity contribution is 7.92. The average Bonchev–Trinajstić information content (AvgIpc) is 2.46. The van der Waals surface area contributed by atoms with Gasteiger partial charge in [0.05, 0.1) is 11.4 Å². The Kier molecular flexibility index (Phi) is 6.20. The van der Waals surface area contributed by atoms with Crippen LogP contribution in [0.2, 0.25) is 0 Å². The number of anilines is 1. The minimum Gasteiger partial charge on any atom is -0.352 e. The Bertz CT molecular complexity index is 565. The van der Waals surface area contributed by atoms with Crippen molar-refractivity contribution in [1.29, 1.82) is 0 Å². The molecule has 21 heavy (non-hydrogen) atoms. The quantitative estimate of drug-likeness (QED) is 0.839. The van der Waals surface area contributed by atoms with Crippen molar-refractivity contribution >= 4 is 21.6 Å². The van der Waals surface area contributed by atoms with Crippen molar-refractivity contribution in [1.82, 2.24) is 5.32 Å². The van der Waals surface area contributed by atoms with E-state index in [0.29, 0.717) is 23.7 Å². The van der Waals surface area contributed by atoms with Crippen LogP contribution in [0, 0.1) is 5.92 Å². The third kappa shape index (κ3) is 5.04. The zero-order valence-electron chi connectivity index (χ0n) is 13.1. The normalized spacial score (nSPS) is 11.5. The Balaban J connectivity index is 2.72. The molecule has 0 aliphatic heterocycles. The van der Waals surface area contributed by atoms with Gasteiger partial charge in [-0.2, -0.15) is 0 Å². The van der Waals surface area contributed by atoms with Crippen molar-refractivity contribution in [2.24, 2.45) is 5.92 Å². The molecule has 0 fully saturated rings. The van der Waals surface area contributed by atoms with E-state index in [-0.39, 0.29) is 11.7 Å². The van der Waals surface area contributed by atoms with Gasteiger partial charge in [-0.25, -0.2) is 8.42 Å². The fourth-order valence-corrected chi connectivity index (χ4v) is 2.58. The summed E-state index contributed by atoms with van der Waals surface area (Å²) in [7, 11) is -1.76. The summed E-state index contributed by atoms with van der Waals surface area (Å²) >= 11 is 0. The highest BCUT2D eigenvalue weighted by Gasteiger charge is 2.16. The number of benzene rings is 1. The molecule has 0 saturated heterocycles. The van der Waals surface area contributed by atoms with Crippen LogP contribution in [0.4, 0.5) is 5.69 Å². The van der Waals surface area contributed by atoms with Crippen molar-refractivity contribution < 1.29 is 13.2 Å². The molecule has 5 nitrogen and oxygen atoms in total. The van der Waals surface area contributed by atoms with Gasteiger partial charge in [-0.3, -0.25) is 9.10 Å². The van der Waals surface area contributed by atoms with E-state index >= 15 is 0 Å². The zero-order chi connectivity index (χ0) is 16.0. The lowest BCUT2D eigenvalue weighted by Gasteiger charge is -2.18. The first-order valence-corrected chi connectivity index (χ1v) is 8.73. The fourth-order valence-electron chi connectivity index (χ4n) is 1.75. The van der Waals surface area contributed by atoms with Gasteiger partial charge in [0.1, 0.15) is 0 Å². The second-order valence-electron chi connectivity index (χ2n) is 5.35. The Labute approximate surface area is 127 Å². The molecule has 0 heterocycles. The second-order valence-corrected chi connectivity index (χ2v) is 7.64. The number of nitrogens with zero attached hydrogens (tertiary/aromatic N) is 1. The van der Waals surface area contributed by atoms with Crippen molar-refractivity contribution in [2.75, 3.05) is 23.7 Å². The molecule has 0 bridgehead atoms. The molecule has 0 saturated carbocycles. The number of hydrogen-bond donors (Lipinski definition) is 1. The lowest BCUT2D eigenvalue weighted by atomic mass is 10.1. The Morgan fingerprint density at radius 2 is 1.81 bits per heavy atom. The molecule has 0 unspecified atom stereocenters. The van der Waals surface area contributed by atoms with Crippen LogP contribution in [0.1, 0.15) is 37.6 Å². The van der Waals surface area contributed by atoms with Crippen LogP contribution in [0.25, 0.3) is 0 Å². The van der Waals surface area contributed by atoms with Gasteiger partial charge < -0.3 is 5.32 Å². The summed E-state index contributed by atoms with van der Waals surface area (Å²) < 4.78 is 24.8. The van der Waals surface area contributed by atoms with Gasteiger partial charge in [-0.05, 0) is 43.5 Å². The molecule has 0 spiro atoms. The zero-order valence-corrected chi connectivity index (χ0v) is 13.9. The molecular weight excluding hydrogens is 288 g/mol. The predicted octanol–water partition coefficient (Wildman–Crippen LogP) is 2.25. The molecular formula is C15H24N2O3S. The van der Waals surface area contributed by atoms with E-state index in [2.05, 4.69) is 19.2 Å². The predicted molar refractivity (Wildman–Crippen MR) is 86.1 cm³/mol. The minimum absolute atomic E-state index is 0.0426. The largest absolute Gasteiger partial charge is 0.352 e. The van der Waals surface area contributed by atoms with Crippen molar-refractivity contribution in [3.05, 3.63) is 29.8 Å². The fraction of sp³-hybridized carbons (Fsp3) is 0.533. The van der Waals surface area contributed by atoms with E-state index in [1.165, 1.54) is 11.4 Å². The second kappa shape index (κ2) is 7.45. The number of carbonyl (C=O) groups is 1. The summed E-state index contributed by atoms with van der Waals surface area (Å²) in [5.41, 5.74) is 1.08. The minimum atomic E-state index is -3.28. The number of sulfonamides is 1. The van der Waals surface area contributed by atoms with Gasteiger partial charge in [0, 0.05) is 19.2 Å². The average molecular weight is 312 g/mol. The molecule has 118 valence electrons.